The summed E-state index contributed by atoms with van der Waals surface area (Å²) in [6, 6.07) is 25.4. The highest BCUT2D eigenvalue weighted by Gasteiger charge is 2.23. The van der Waals surface area contributed by atoms with Crippen molar-refractivity contribution in [2.75, 3.05) is 17.2 Å². The quantitative estimate of drug-likeness (QED) is 0.221. The highest BCUT2D eigenvalue weighted by atomic mass is 28.3. The Kier molecular flexibility index (Phi) is 7.47. The van der Waals surface area contributed by atoms with Gasteiger partial charge in [0.25, 0.3) is 0 Å². The minimum atomic E-state index is -1.71. The van der Waals surface area contributed by atoms with Crippen molar-refractivity contribution < 1.29 is 9.53 Å². The van der Waals surface area contributed by atoms with Gasteiger partial charge in [0, 0.05) is 34.9 Å². The number of nitrogens with zero attached hydrogens (tertiary/aromatic N) is 3. The number of carbonyl (C=O) groups is 1. The zero-order valence-electron chi connectivity index (χ0n) is 22.7. The van der Waals surface area contributed by atoms with Crippen molar-refractivity contribution in [2.24, 2.45) is 0 Å². The molecule has 2 N–H and O–H groups in total. The lowest BCUT2D eigenvalue weighted by molar-refractivity contribution is 0.262. The zero-order chi connectivity index (χ0) is 27.4. The Morgan fingerprint density at radius 3 is 2.41 bits per heavy atom. The number of hydrogen-bond donors (Lipinski definition) is 2. The molecule has 0 spiro atoms. The molecule has 3 aromatic carbocycles. The third-order valence-corrected chi connectivity index (χ3v) is 8.28. The maximum absolute atomic E-state index is 13.2. The van der Waals surface area contributed by atoms with Crippen LogP contribution in [0.3, 0.4) is 0 Å². The molecule has 7 nitrogen and oxygen atoms in total. The number of urea groups is 1. The summed E-state index contributed by atoms with van der Waals surface area (Å²) in [4.78, 5) is 17.4. The molecule has 2 amide bonds. The number of aryl methyl sites for hydroxylation is 1. The fourth-order valence-corrected chi connectivity index (χ4v) is 5.29. The number of aromatic nitrogens is 3. The van der Waals surface area contributed by atoms with Crippen LogP contribution in [0.2, 0.25) is 19.6 Å². The van der Waals surface area contributed by atoms with Gasteiger partial charge in [-0.25, -0.2) is 9.48 Å². The molecular formula is C31H33N5O2Si. The topological polar surface area (TPSA) is 81.1 Å². The van der Waals surface area contributed by atoms with Crippen LogP contribution in [0.5, 0.6) is 5.75 Å². The van der Waals surface area contributed by atoms with Crippen LogP contribution in [-0.2, 0) is 6.42 Å². The van der Waals surface area contributed by atoms with Crippen LogP contribution in [-0.4, -0.2) is 35.5 Å². The molecule has 0 aliphatic carbocycles. The number of hydrogen-bond acceptors (Lipinski definition) is 4. The van der Waals surface area contributed by atoms with Crippen LogP contribution < -0.4 is 20.7 Å². The Morgan fingerprint density at radius 2 is 1.69 bits per heavy atom. The second-order valence-corrected chi connectivity index (χ2v) is 15.6. The van der Waals surface area contributed by atoms with E-state index in [0.29, 0.717) is 18.1 Å². The molecule has 0 aliphatic heterocycles. The van der Waals surface area contributed by atoms with E-state index in [-0.39, 0.29) is 6.03 Å². The second-order valence-electron chi connectivity index (χ2n) is 10.6. The molecule has 5 aromatic rings. The lowest BCUT2D eigenvalue weighted by Gasteiger charge is -2.14. The van der Waals surface area contributed by atoms with E-state index in [4.69, 9.17) is 9.84 Å². The molecule has 2 aromatic heterocycles. The molecule has 39 heavy (non-hydrogen) atoms. The first-order valence-corrected chi connectivity index (χ1v) is 16.6. The smallest absolute Gasteiger partial charge is 0.324 e. The molecule has 0 radical (unpaired) electrons. The van der Waals surface area contributed by atoms with Gasteiger partial charge in [-0.05, 0) is 48.9 Å². The summed E-state index contributed by atoms with van der Waals surface area (Å²) in [6.45, 7) is 9.31. The minimum absolute atomic E-state index is 0.333. The van der Waals surface area contributed by atoms with Gasteiger partial charge < -0.3 is 10.1 Å². The monoisotopic (exact) mass is 535 g/mol. The number of carbonyl (C=O) groups excluding carboxylic acids is 1. The Hall–Kier alpha value is -4.43. The first-order valence-electron chi connectivity index (χ1n) is 13.1. The van der Waals surface area contributed by atoms with Crippen molar-refractivity contribution in [3.8, 4) is 11.4 Å². The van der Waals surface area contributed by atoms with Gasteiger partial charge in [0.2, 0.25) is 0 Å². The number of rotatable bonds is 8. The van der Waals surface area contributed by atoms with Gasteiger partial charge in [-0.1, -0.05) is 67.7 Å². The van der Waals surface area contributed by atoms with E-state index in [0.717, 1.165) is 39.5 Å². The largest absolute Gasteiger partial charge is 0.493 e. The van der Waals surface area contributed by atoms with Crippen molar-refractivity contribution in [3.63, 3.8) is 0 Å². The van der Waals surface area contributed by atoms with Gasteiger partial charge in [0.15, 0.2) is 0 Å². The molecule has 0 saturated heterocycles. The minimum Gasteiger partial charge on any atom is -0.493 e. The zero-order valence-corrected chi connectivity index (χ0v) is 23.7. The van der Waals surface area contributed by atoms with Crippen molar-refractivity contribution in [2.45, 2.75) is 33.0 Å². The van der Waals surface area contributed by atoms with Crippen molar-refractivity contribution in [1.29, 1.82) is 0 Å². The molecule has 0 aliphatic rings. The molecule has 5 rings (SSSR count). The lowest BCUT2D eigenvalue weighted by Crippen LogP contribution is -2.39. The summed E-state index contributed by atoms with van der Waals surface area (Å²) in [6.07, 6.45) is 4.38. The van der Waals surface area contributed by atoms with Gasteiger partial charge in [0.1, 0.15) is 19.6 Å². The number of anilines is 2. The predicted octanol–water partition coefficient (Wildman–Crippen LogP) is 6.54. The van der Waals surface area contributed by atoms with Crippen LogP contribution in [0.1, 0.15) is 11.1 Å². The van der Waals surface area contributed by atoms with Gasteiger partial charge in [0.05, 0.1) is 18.0 Å². The molecule has 0 unspecified atom stereocenters. The molecule has 198 valence electrons. The van der Waals surface area contributed by atoms with Crippen LogP contribution in [0.15, 0.2) is 91.3 Å². The maximum atomic E-state index is 13.2. The van der Waals surface area contributed by atoms with Crippen molar-refractivity contribution in [3.05, 3.63) is 102 Å². The van der Waals surface area contributed by atoms with E-state index in [1.54, 1.807) is 6.20 Å². The summed E-state index contributed by atoms with van der Waals surface area (Å²) < 4.78 is 7.93. The third-order valence-electron chi connectivity index (χ3n) is 6.50. The molecule has 0 saturated carbocycles. The SMILES string of the molecule is Cc1ccc(-n2nc([Si](C)(C)C)cc2NC(=O)Nc2ccc(OCCc3cccnc3)c3ccccc23)cc1. The standard InChI is InChI=1S/C31H33N5O2Si/c1-22-11-13-24(14-12-22)36-29(20-30(35-36)39(2,3)4)34-31(37)33-27-15-16-28(26-10-6-5-9-25(26)27)38-19-17-23-8-7-18-32-21-23/h5-16,18,20-21H,17,19H2,1-4H3,(H2,33,34,37). The lowest BCUT2D eigenvalue weighted by atomic mass is 10.1. The summed E-state index contributed by atoms with van der Waals surface area (Å²) in [5, 5.41) is 13.8. The molecule has 0 bridgehead atoms. The molecule has 8 heteroatoms. The van der Waals surface area contributed by atoms with Crippen molar-refractivity contribution in [1.82, 2.24) is 14.8 Å². The van der Waals surface area contributed by atoms with Crippen LogP contribution in [0.25, 0.3) is 16.5 Å². The molecular weight excluding hydrogens is 502 g/mol. The van der Waals surface area contributed by atoms with E-state index < -0.39 is 8.07 Å². The Balaban J connectivity index is 1.36. The van der Waals surface area contributed by atoms with Crippen LogP contribution >= 0.6 is 0 Å². The van der Waals surface area contributed by atoms with Crippen molar-refractivity contribution >= 4 is 41.7 Å². The Bertz CT molecular complexity index is 1590. The normalized spacial score (nSPS) is 11.4. The number of fused-ring (bicyclic) bond motifs is 1. The second kappa shape index (κ2) is 11.1. The highest BCUT2D eigenvalue weighted by molar-refractivity contribution is 6.88. The van der Waals surface area contributed by atoms with Gasteiger partial charge >= 0.3 is 6.03 Å². The molecule has 2 heterocycles. The third kappa shape index (κ3) is 6.18. The first kappa shape index (κ1) is 26.2. The van der Waals surface area contributed by atoms with E-state index in [1.165, 1.54) is 5.56 Å². The van der Waals surface area contributed by atoms with Gasteiger partial charge in [-0.3, -0.25) is 10.3 Å². The summed E-state index contributed by atoms with van der Waals surface area (Å²) in [5.41, 5.74) is 3.90. The predicted molar refractivity (Wildman–Crippen MR) is 161 cm³/mol. The van der Waals surface area contributed by atoms with Gasteiger partial charge in [-0.15, -0.1) is 0 Å². The maximum Gasteiger partial charge on any atom is 0.324 e. The Morgan fingerprint density at radius 1 is 0.923 bits per heavy atom. The fraction of sp³-hybridized carbons (Fsp3) is 0.194. The fourth-order valence-electron chi connectivity index (χ4n) is 4.32. The Labute approximate surface area is 229 Å². The van der Waals surface area contributed by atoms with E-state index in [9.17, 15) is 4.79 Å². The van der Waals surface area contributed by atoms with E-state index in [1.807, 2.05) is 96.7 Å². The number of pyridine rings is 1. The average molecular weight is 536 g/mol. The highest BCUT2D eigenvalue weighted by Crippen LogP contribution is 2.32. The number of nitrogens with one attached hydrogen (secondary N) is 2. The van der Waals surface area contributed by atoms with E-state index >= 15 is 0 Å². The van der Waals surface area contributed by atoms with E-state index in [2.05, 4.69) is 35.3 Å². The summed E-state index contributed by atoms with van der Waals surface area (Å²) in [5.74, 6) is 1.41. The number of ether oxygens (including phenoxy) is 1. The van der Waals surface area contributed by atoms with Gasteiger partial charge in [-0.2, -0.15) is 5.10 Å². The summed E-state index contributed by atoms with van der Waals surface area (Å²) >= 11 is 0. The average Bonchev–Trinajstić information content (AvgIpc) is 3.35. The number of amides is 2. The molecule has 0 atom stereocenters. The van der Waals surface area contributed by atoms with Crippen LogP contribution in [0.4, 0.5) is 16.3 Å². The summed E-state index contributed by atoms with van der Waals surface area (Å²) in [7, 11) is -1.71. The molecule has 0 fully saturated rings. The van der Waals surface area contributed by atoms with Crippen LogP contribution in [0, 0.1) is 6.92 Å². The first-order chi connectivity index (χ1) is 18.8. The number of benzene rings is 3.